The van der Waals surface area contributed by atoms with E-state index in [0.29, 0.717) is 29.9 Å². The first-order chi connectivity index (χ1) is 14.6. The Labute approximate surface area is 198 Å². The molecule has 2 atom stereocenters. The SMILES string of the molecule is CCOP(=O)(SC(C)CC)N1CCSC1=O.CN/C(=N\[N+](=O)[O-])NCc1cnc(Cl)s1. The molecule has 1 aliphatic rings. The normalized spacial score (nSPS) is 16.9. The van der Waals surface area contributed by atoms with Gasteiger partial charge in [0.2, 0.25) is 0 Å². The first kappa shape index (κ1) is 28.0. The van der Waals surface area contributed by atoms with Crippen LogP contribution in [0, 0.1) is 10.1 Å². The molecule has 16 heteroatoms. The lowest BCUT2D eigenvalue weighted by molar-refractivity contribution is -0.485. The maximum absolute atomic E-state index is 12.6. The van der Waals surface area contributed by atoms with Crippen LogP contribution in [0.5, 0.6) is 0 Å². The molecule has 0 bridgehead atoms. The number of hydrogen-bond acceptors (Lipinski definition) is 9. The predicted molar refractivity (Wildman–Crippen MR) is 129 cm³/mol. The maximum Gasteiger partial charge on any atom is 0.356 e. The Morgan fingerprint density at radius 2 is 2.29 bits per heavy atom. The number of hydrazone groups is 1. The van der Waals surface area contributed by atoms with Gasteiger partial charge in [0.05, 0.1) is 13.2 Å². The first-order valence-corrected chi connectivity index (χ1v) is 14.5. The van der Waals surface area contributed by atoms with Crippen LogP contribution in [0.25, 0.3) is 0 Å². The second-order valence-corrected chi connectivity index (χ2v) is 13.3. The molecule has 0 spiro atoms. The van der Waals surface area contributed by atoms with Crippen molar-refractivity contribution >= 4 is 64.0 Å². The summed E-state index contributed by atoms with van der Waals surface area (Å²) < 4.78 is 19.8. The summed E-state index contributed by atoms with van der Waals surface area (Å²) in [5, 5.41) is 17.8. The van der Waals surface area contributed by atoms with Crippen LogP contribution in [0.15, 0.2) is 11.3 Å². The van der Waals surface area contributed by atoms with Crippen LogP contribution >= 0.6 is 52.8 Å². The minimum atomic E-state index is -3.02. The van der Waals surface area contributed by atoms with E-state index in [1.165, 1.54) is 46.2 Å². The highest BCUT2D eigenvalue weighted by atomic mass is 35.5. The number of aromatic nitrogens is 1. The number of nitrogens with one attached hydrogen (secondary N) is 2. The molecule has 2 N–H and O–H groups in total. The van der Waals surface area contributed by atoms with Gasteiger partial charge in [-0.05, 0) is 24.7 Å². The van der Waals surface area contributed by atoms with Crippen molar-refractivity contribution in [3.05, 3.63) is 25.7 Å². The largest absolute Gasteiger partial charge is 0.356 e. The van der Waals surface area contributed by atoms with E-state index in [1.807, 2.05) is 13.8 Å². The van der Waals surface area contributed by atoms with Crippen LogP contribution in [0.1, 0.15) is 32.1 Å². The minimum Gasteiger partial charge on any atom is -0.354 e. The second kappa shape index (κ2) is 14.2. The number of carbonyl (C=O) groups is 1. The van der Waals surface area contributed by atoms with Gasteiger partial charge in [-0.1, -0.05) is 37.2 Å². The maximum atomic E-state index is 12.6. The van der Waals surface area contributed by atoms with E-state index in [2.05, 4.69) is 20.7 Å². The fourth-order valence-electron chi connectivity index (χ4n) is 2.02. The summed E-state index contributed by atoms with van der Waals surface area (Å²) in [5.74, 6) is 0.793. The van der Waals surface area contributed by atoms with Crippen LogP contribution in [0.4, 0.5) is 4.79 Å². The molecule has 0 aliphatic carbocycles. The lowest BCUT2D eigenvalue weighted by Gasteiger charge is -2.27. The quantitative estimate of drug-likeness (QED) is 0.154. The molecule has 2 unspecified atom stereocenters. The van der Waals surface area contributed by atoms with Gasteiger partial charge >= 0.3 is 6.72 Å². The Hall–Kier alpha value is -1.05. The van der Waals surface area contributed by atoms with Gasteiger partial charge in [0.25, 0.3) is 11.2 Å². The van der Waals surface area contributed by atoms with Crippen molar-refractivity contribution < 1.29 is 18.9 Å². The van der Waals surface area contributed by atoms with Gasteiger partial charge in [-0.2, -0.15) is 0 Å². The third-order valence-corrected chi connectivity index (χ3v) is 11.0. The molecule has 1 aliphatic heterocycles. The molecule has 1 aromatic heterocycles. The number of halogens is 1. The van der Waals surface area contributed by atoms with Gasteiger partial charge in [-0.3, -0.25) is 14.0 Å². The lowest BCUT2D eigenvalue weighted by atomic mass is 10.4. The molecule has 0 aromatic carbocycles. The van der Waals surface area contributed by atoms with Gasteiger partial charge in [0.1, 0.15) is 5.10 Å². The molecular weight excluding hydrogens is 507 g/mol. The van der Waals surface area contributed by atoms with Crippen LogP contribution in [-0.4, -0.2) is 57.1 Å². The molecule has 0 radical (unpaired) electrons. The number of guanidine groups is 1. The average molecular weight is 533 g/mol. The molecule has 1 amide bonds. The fraction of sp³-hybridized carbons (Fsp3) is 0.667. The first-order valence-electron chi connectivity index (χ1n) is 9.27. The summed E-state index contributed by atoms with van der Waals surface area (Å²) in [6.07, 6.45) is 2.51. The Balaban J connectivity index is 0.000000311. The summed E-state index contributed by atoms with van der Waals surface area (Å²) >= 11 is 9.43. The molecule has 1 fully saturated rings. The van der Waals surface area contributed by atoms with Gasteiger partial charge < -0.3 is 15.2 Å². The molecule has 1 aromatic rings. The topological polar surface area (TPSA) is 139 Å². The Kier molecular flexibility index (Phi) is 12.8. The van der Waals surface area contributed by atoms with Gasteiger partial charge in [-0.15, -0.1) is 11.3 Å². The number of nitro groups is 1. The van der Waals surface area contributed by atoms with E-state index in [1.54, 1.807) is 13.1 Å². The highest BCUT2D eigenvalue weighted by Crippen LogP contribution is 2.65. The highest BCUT2D eigenvalue weighted by molar-refractivity contribution is 8.56. The van der Waals surface area contributed by atoms with Crippen LogP contribution in [0.3, 0.4) is 0 Å². The van der Waals surface area contributed by atoms with E-state index >= 15 is 0 Å². The molecule has 31 heavy (non-hydrogen) atoms. The zero-order chi connectivity index (χ0) is 23.4. The molecule has 2 rings (SSSR count). The molecule has 11 nitrogen and oxygen atoms in total. The van der Waals surface area contributed by atoms with Crippen LogP contribution < -0.4 is 10.6 Å². The third kappa shape index (κ3) is 9.96. The van der Waals surface area contributed by atoms with Gasteiger partial charge in [0, 0.05) is 35.7 Å². The van der Waals surface area contributed by atoms with Crippen molar-refractivity contribution in [2.45, 2.75) is 39.0 Å². The standard InChI is InChI=1S/C9H18NO3PS2.C6H8ClN5O2S/c1-4-8(3)16-14(12,13-5-2)10-6-7-15-9(10)11;1-8-6(11-12(13)14)10-3-4-2-9-5(7)15-4/h8H,4-7H2,1-3H3;2H,3H2,1H3,(H2,8,10,11). The highest BCUT2D eigenvalue weighted by Gasteiger charge is 2.40. The number of carbonyl (C=O) groups excluding carboxylic acids is 1. The van der Waals surface area contributed by atoms with Crippen molar-refractivity contribution in [3.8, 4) is 0 Å². The Morgan fingerprint density at radius 3 is 2.74 bits per heavy atom. The van der Waals surface area contributed by atoms with Crippen molar-refractivity contribution in [2.75, 3.05) is 26.0 Å². The molecule has 0 saturated carbocycles. The fourth-order valence-corrected chi connectivity index (χ4v) is 9.32. The summed E-state index contributed by atoms with van der Waals surface area (Å²) in [6.45, 7) is 4.12. The lowest BCUT2D eigenvalue weighted by Crippen LogP contribution is -2.34. The predicted octanol–water partition coefficient (Wildman–Crippen LogP) is 4.48. The third-order valence-electron chi connectivity index (χ3n) is 3.59. The van der Waals surface area contributed by atoms with E-state index in [-0.39, 0.29) is 16.4 Å². The monoisotopic (exact) mass is 532 g/mol. The van der Waals surface area contributed by atoms with E-state index in [4.69, 9.17) is 16.1 Å². The number of hydrogen-bond donors (Lipinski definition) is 2. The number of nitrogens with zero attached hydrogens (tertiary/aromatic N) is 4. The molecule has 1 saturated heterocycles. The molecule has 2 heterocycles. The summed E-state index contributed by atoms with van der Waals surface area (Å²) in [4.78, 5) is 26.4. The average Bonchev–Trinajstić information content (AvgIpc) is 3.33. The van der Waals surface area contributed by atoms with Crippen molar-refractivity contribution in [3.63, 3.8) is 0 Å². The van der Waals surface area contributed by atoms with Gasteiger partial charge in [-0.25, -0.2) is 15.1 Å². The minimum absolute atomic E-state index is 0.0875. The number of thiazole rings is 1. The molecule has 176 valence electrons. The zero-order valence-corrected chi connectivity index (χ0v) is 21.7. The summed E-state index contributed by atoms with van der Waals surface area (Å²) in [7, 11) is 1.54. The van der Waals surface area contributed by atoms with Crippen LogP contribution in [0.2, 0.25) is 4.47 Å². The van der Waals surface area contributed by atoms with Gasteiger partial charge in [0.15, 0.2) is 9.50 Å². The summed E-state index contributed by atoms with van der Waals surface area (Å²) in [6, 6.07) is 0. The smallest absolute Gasteiger partial charge is 0.354 e. The zero-order valence-electron chi connectivity index (χ0n) is 17.6. The van der Waals surface area contributed by atoms with E-state index in [9.17, 15) is 19.5 Å². The Bertz CT molecular complexity index is 814. The second-order valence-electron chi connectivity index (χ2n) is 5.82. The van der Waals surface area contributed by atoms with E-state index in [0.717, 1.165) is 11.3 Å². The number of amides is 1. The van der Waals surface area contributed by atoms with E-state index < -0.39 is 11.8 Å². The Morgan fingerprint density at radius 1 is 1.58 bits per heavy atom. The summed E-state index contributed by atoms with van der Waals surface area (Å²) in [5.41, 5.74) is 0. The van der Waals surface area contributed by atoms with Crippen molar-refractivity contribution in [1.82, 2.24) is 20.3 Å². The van der Waals surface area contributed by atoms with Crippen molar-refractivity contribution in [2.24, 2.45) is 5.10 Å². The number of thioether (sulfide) groups is 1. The van der Waals surface area contributed by atoms with Crippen LogP contribution in [-0.2, 0) is 15.6 Å². The van der Waals surface area contributed by atoms with Crippen molar-refractivity contribution in [1.29, 1.82) is 0 Å². The molecular formula is C15H26ClN6O5PS3. The number of rotatable bonds is 9.